The molecule has 0 spiro atoms. The molecule has 1 aromatic rings. The minimum absolute atomic E-state index is 0.103. The Hall–Kier alpha value is -1.05. The van der Waals surface area contributed by atoms with E-state index in [1.165, 1.54) is 11.8 Å². The summed E-state index contributed by atoms with van der Waals surface area (Å²) in [6.07, 6.45) is 0. The first-order chi connectivity index (χ1) is 11.6. The fourth-order valence-corrected chi connectivity index (χ4v) is 3.68. The third-order valence-electron chi connectivity index (χ3n) is 4.25. The first-order valence-electron chi connectivity index (χ1n) is 8.49. The second-order valence-electron chi connectivity index (χ2n) is 5.61. The van der Waals surface area contributed by atoms with Gasteiger partial charge in [-0.1, -0.05) is 30.3 Å². The van der Waals surface area contributed by atoms with E-state index < -0.39 is 0 Å². The molecule has 0 radical (unpaired) electrons. The first kappa shape index (κ1) is 19.3. The zero-order chi connectivity index (χ0) is 17.5. The maximum Gasteiger partial charge on any atom is 0.233 e. The average Bonchev–Trinajstić information content (AvgIpc) is 2.60. The molecule has 0 aromatic carbocycles. The van der Waals surface area contributed by atoms with Crippen LogP contribution in [0.2, 0.25) is 5.15 Å². The Balaban J connectivity index is 1.99. The van der Waals surface area contributed by atoms with Crippen molar-refractivity contribution in [2.75, 3.05) is 56.5 Å². The highest BCUT2D eigenvalue weighted by molar-refractivity contribution is 7.99. The number of likely N-dealkylation sites (N-methyl/N-ethyl adjacent to an activating group) is 1. The van der Waals surface area contributed by atoms with Gasteiger partial charge in [-0.25, -0.2) is 9.97 Å². The van der Waals surface area contributed by atoms with Crippen LogP contribution in [-0.4, -0.2) is 77.2 Å². The van der Waals surface area contributed by atoms with Crippen LogP contribution >= 0.6 is 23.4 Å². The van der Waals surface area contributed by atoms with Crippen molar-refractivity contribution in [3.05, 3.63) is 11.2 Å². The molecule has 134 valence electrons. The number of rotatable bonds is 7. The molecule has 0 saturated carbocycles. The van der Waals surface area contributed by atoms with Gasteiger partial charge in [-0.2, -0.15) is 0 Å². The molecule has 0 atom stereocenters. The van der Waals surface area contributed by atoms with Crippen molar-refractivity contribution < 1.29 is 4.79 Å². The van der Waals surface area contributed by atoms with Crippen molar-refractivity contribution >= 4 is 35.1 Å². The molecule has 6 nitrogen and oxygen atoms in total. The Labute approximate surface area is 153 Å². The van der Waals surface area contributed by atoms with Crippen LogP contribution < -0.4 is 4.90 Å². The minimum atomic E-state index is 0.103. The molecule has 1 saturated heterocycles. The van der Waals surface area contributed by atoms with E-state index in [2.05, 4.69) is 26.7 Å². The molecule has 0 bridgehead atoms. The van der Waals surface area contributed by atoms with E-state index in [-0.39, 0.29) is 5.91 Å². The largest absolute Gasteiger partial charge is 0.354 e. The summed E-state index contributed by atoms with van der Waals surface area (Å²) in [4.78, 5) is 27.4. The predicted octanol–water partition coefficient (Wildman–Crippen LogP) is 2.23. The van der Waals surface area contributed by atoms with Gasteiger partial charge in [0.2, 0.25) is 5.91 Å². The standard InChI is InChI=1S/C16H26ClN5OS/c1-4-20-7-9-22(10-8-20)14-11-13(17)18-16(19-14)24-12-15(23)21(5-2)6-3/h11H,4-10,12H2,1-3H3. The van der Waals surface area contributed by atoms with Gasteiger partial charge in [0.15, 0.2) is 5.16 Å². The number of hydrogen-bond donors (Lipinski definition) is 0. The number of nitrogens with zero attached hydrogens (tertiary/aromatic N) is 5. The quantitative estimate of drug-likeness (QED) is 0.416. The lowest BCUT2D eigenvalue weighted by atomic mass is 10.3. The lowest BCUT2D eigenvalue weighted by Crippen LogP contribution is -2.46. The second kappa shape index (κ2) is 9.44. The number of carbonyl (C=O) groups excluding carboxylic acids is 1. The van der Waals surface area contributed by atoms with Crippen LogP contribution in [0.15, 0.2) is 11.2 Å². The Morgan fingerprint density at radius 3 is 2.46 bits per heavy atom. The SMILES string of the molecule is CCN1CCN(c2cc(Cl)nc(SCC(=O)N(CC)CC)n2)CC1. The Morgan fingerprint density at radius 2 is 1.88 bits per heavy atom. The molecule has 1 amide bonds. The van der Waals surface area contributed by atoms with Crippen molar-refractivity contribution in [2.45, 2.75) is 25.9 Å². The molecule has 1 aliphatic heterocycles. The summed E-state index contributed by atoms with van der Waals surface area (Å²) in [5, 5.41) is 0.992. The van der Waals surface area contributed by atoms with Gasteiger partial charge in [-0.15, -0.1) is 0 Å². The monoisotopic (exact) mass is 371 g/mol. The third-order valence-corrected chi connectivity index (χ3v) is 5.27. The van der Waals surface area contributed by atoms with E-state index in [0.29, 0.717) is 16.1 Å². The van der Waals surface area contributed by atoms with Crippen molar-refractivity contribution in [2.24, 2.45) is 0 Å². The molecule has 0 aliphatic carbocycles. The fraction of sp³-hybridized carbons (Fsp3) is 0.688. The van der Waals surface area contributed by atoms with Crippen molar-refractivity contribution in [1.29, 1.82) is 0 Å². The Morgan fingerprint density at radius 1 is 1.21 bits per heavy atom. The summed E-state index contributed by atoms with van der Waals surface area (Å²) in [5.74, 6) is 1.29. The molecular weight excluding hydrogens is 346 g/mol. The summed E-state index contributed by atoms with van der Waals surface area (Å²) in [6.45, 7) is 12.6. The van der Waals surface area contributed by atoms with Crippen LogP contribution in [0.3, 0.4) is 0 Å². The molecule has 0 unspecified atom stereocenters. The van der Waals surface area contributed by atoms with E-state index in [0.717, 1.165) is 51.6 Å². The van der Waals surface area contributed by atoms with Gasteiger partial charge in [0.1, 0.15) is 11.0 Å². The van der Waals surface area contributed by atoms with E-state index in [1.807, 2.05) is 18.7 Å². The van der Waals surface area contributed by atoms with Gasteiger partial charge in [0.05, 0.1) is 5.75 Å². The van der Waals surface area contributed by atoms with E-state index in [1.54, 1.807) is 6.07 Å². The Bertz CT molecular complexity index is 547. The average molecular weight is 372 g/mol. The molecule has 1 fully saturated rings. The normalized spacial score (nSPS) is 15.6. The van der Waals surface area contributed by atoms with Gasteiger partial charge in [0, 0.05) is 45.3 Å². The summed E-state index contributed by atoms with van der Waals surface area (Å²) in [6, 6.07) is 1.80. The van der Waals surface area contributed by atoms with Crippen LogP contribution in [0, 0.1) is 0 Å². The van der Waals surface area contributed by atoms with Gasteiger partial charge in [-0.05, 0) is 20.4 Å². The van der Waals surface area contributed by atoms with Crippen LogP contribution in [0.25, 0.3) is 0 Å². The van der Waals surface area contributed by atoms with Gasteiger partial charge in [-0.3, -0.25) is 4.79 Å². The third kappa shape index (κ3) is 5.22. The molecule has 8 heteroatoms. The summed E-state index contributed by atoms with van der Waals surface area (Å²) >= 11 is 7.51. The smallest absolute Gasteiger partial charge is 0.233 e. The number of halogens is 1. The van der Waals surface area contributed by atoms with Gasteiger partial charge >= 0.3 is 0 Å². The Kier molecular flexibility index (Phi) is 7.58. The molecule has 1 aliphatic rings. The van der Waals surface area contributed by atoms with Crippen molar-refractivity contribution in [3.63, 3.8) is 0 Å². The molecule has 2 heterocycles. The zero-order valence-electron chi connectivity index (χ0n) is 14.7. The highest BCUT2D eigenvalue weighted by Gasteiger charge is 2.19. The minimum Gasteiger partial charge on any atom is -0.354 e. The number of amides is 1. The second-order valence-corrected chi connectivity index (χ2v) is 6.94. The molecule has 1 aromatic heterocycles. The number of carbonyl (C=O) groups is 1. The molecule has 2 rings (SSSR count). The number of aromatic nitrogens is 2. The predicted molar refractivity (Wildman–Crippen MR) is 100 cm³/mol. The van der Waals surface area contributed by atoms with Crippen LogP contribution in [-0.2, 0) is 4.79 Å². The van der Waals surface area contributed by atoms with Gasteiger partial charge < -0.3 is 14.7 Å². The maximum atomic E-state index is 12.1. The van der Waals surface area contributed by atoms with Crippen molar-refractivity contribution in [3.8, 4) is 0 Å². The maximum absolute atomic E-state index is 12.1. The molecule has 24 heavy (non-hydrogen) atoms. The molecular formula is C16H26ClN5OS. The highest BCUT2D eigenvalue weighted by atomic mass is 35.5. The first-order valence-corrected chi connectivity index (χ1v) is 9.86. The summed E-state index contributed by atoms with van der Waals surface area (Å²) < 4.78 is 0. The zero-order valence-corrected chi connectivity index (χ0v) is 16.2. The fourth-order valence-electron chi connectivity index (χ4n) is 2.70. The number of hydrogen-bond acceptors (Lipinski definition) is 6. The van der Waals surface area contributed by atoms with Crippen molar-refractivity contribution in [1.82, 2.24) is 19.8 Å². The lowest BCUT2D eigenvalue weighted by molar-refractivity contribution is -0.127. The highest BCUT2D eigenvalue weighted by Crippen LogP contribution is 2.23. The van der Waals surface area contributed by atoms with E-state index in [9.17, 15) is 4.79 Å². The lowest BCUT2D eigenvalue weighted by Gasteiger charge is -2.34. The summed E-state index contributed by atoms with van der Waals surface area (Å²) in [5.41, 5.74) is 0. The number of piperazine rings is 1. The van der Waals surface area contributed by atoms with Crippen LogP contribution in [0.1, 0.15) is 20.8 Å². The van der Waals surface area contributed by atoms with E-state index >= 15 is 0 Å². The van der Waals surface area contributed by atoms with Crippen LogP contribution in [0.4, 0.5) is 5.82 Å². The van der Waals surface area contributed by atoms with Crippen LogP contribution in [0.5, 0.6) is 0 Å². The topological polar surface area (TPSA) is 52.6 Å². The number of anilines is 1. The van der Waals surface area contributed by atoms with E-state index in [4.69, 9.17) is 11.6 Å². The number of thioether (sulfide) groups is 1. The summed E-state index contributed by atoms with van der Waals surface area (Å²) in [7, 11) is 0. The molecule has 0 N–H and O–H groups in total. The van der Waals surface area contributed by atoms with Gasteiger partial charge in [0.25, 0.3) is 0 Å².